The Morgan fingerprint density at radius 1 is 1.16 bits per heavy atom. The van der Waals surface area contributed by atoms with Crippen LogP contribution in [0.4, 0.5) is 5.69 Å². The van der Waals surface area contributed by atoms with Crippen LogP contribution < -0.4 is 15.0 Å². The van der Waals surface area contributed by atoms with Gasteiger partial charge in [0.2, 0.25) is 5.91 Å². The van der Waals surface area contributed by atoms with Gasteiger partial charge in [-0.15, -0.1) is 0 Å². The average Bonchev–Trinajstić information content (AvgIpc) is 3.10. The molecule has 3 rings (SSSR count). The highest BCUT2D eigenvalue weighted by molar-refractivity contribution is 5.78. The molecule has 1 aliphatic heterocycles. The van der Waals surface area contributed by atoms with Crippen molar-refractivity contribution in [1.82, 2.24) is 5.32 Å². The minimum absolute atomic E-state index is 0.0824. The molecule has 4 nitrogen and oxygen atoms in total. The summed E-state index contributed by atoms with van der Waals surface area (Å²) in [6.07, 6.45) is 1.54. The maximum Gasteiger partial charge on any atom is 0.224 e. The summed E-state index contributed by atoms with van der Waals surface area (Å²) in [6.45, 7) is 4.92. The Morgan fingerprint density at radius 2 is 1.88 bits per heavy atom. The molecule has 1 N–H and O–H groups in total. The standard InChI is InChI=1S/C21H26N2O2/c1-16-3-7-19(8-4-16)23-12-11-18(15-23)14-22-21(24)13-17-5-9-20(25-2)10-6-17/h3-10,18H,11-15H2,1-2H3,(H,22,24). The van der Waals surface area contributed by atoms with Crippen molar-refractivity contribution < 1.29 is 9.53 Å². The maximum atomic E-state index is 12.2. The van der Waals surface area contributed by atoms with Gasteiger partial charge in [-0.25, -0.2) is 0 Å². The molecule has 0 bridgehead atoms. The van der Waals surface area contributed by atoms with E-state index in [0.717, 1.165) is 37.4 Å². The number of carbonyl (C=O) groups excluding carboxylic acids is 1. The van der Waals surface area contributed by atoms with Crippen LogP contribution in [0, 0.1) is 12.8 Å². The topological polar surface area (TPSA) is 41.6 Å². The lowest BCUT2D eigenvalue weighted by molar-refractivity contribution is -0.120. The van der Waals surface area contributed by atoms with E-state index in [4.69, 9.17) is 4.74 Å². The van der Waals surface area contributed by atoms with E-state index in [2.05, 4.69) is 41.4 Å². The predicted octanol–water partition coefficient (Wildman–Crippen LogP) is 3.19. The van der Waals surface area contributed by atoms with Crippen LogP contribution in [0.3, 0.4) is 0 Å². The van der Waals surface area contributed by atoms with Crippen molar-refractivity contribution in [3.63, 3.8) is 0 Å². The maximum absolute atomic E-state index is 12.2. The van der Waals surface area contributed by atoms with E-state index in [1.165, 1.54) is 11.3 Å². The molecule has 1 amide bonds. The molecule has 0 aromatic heterocycles. The number of nitrogens with one attached hydrogen (secondary N) is 1. The second-order valence-corrected chi connectivity index (χ2v) is 6.77. The number of benzene rings is 2. The molecular formula is C21H26N2O2. The van der Waals surface area contributed by atoms with Gasteiger partial charge in [0.25, 0.3) is 0 Å². The summed E-state index contributed by atoms with van der Waals surface area (Å²) in [5.74, 6) is 1.41. The highest BCUT2D eigenvalue weighted by Gasteiger charge is 2.23. The normalized spacial score (nSPS) is 16.7. The van der Waals surface area contributed by atoms with Crippen molar-refractivity contribution in [2.75, 3.05) is 31.6 Å². The lowest BCUT2D eigenvalue weighted by Crippen LogP contribution is -2.32. The first-order valence-corrected chi connectivity index (χ1v) is 8.85. The van der Waals surface area contributed by atoms with Gasteiger partial charge in [0.1, 0.15) is 5.75 Å². The van der Waals surface area contributed by atoms with Crippen LogP contribution in [0.1, 0.15) is 17.5 Å². The van der Waals surface area contributed by atoms with E-state index < -0.39 is 0 Å². The molecule has 4 heteroatoms. The van der Waals surface area contributed by atoms with Gasteiger partial charge in [-0.05, 0) is 49.1 Å². The van der Waals surface area contributed by atoms with Crippen LogP contribution in [-0.4, -0.2) is 32.7 Å². The molecule has 0 spiro atoms. The lowest BCUT2D eigenvalue weighted by atomic mass is 10.1. The zero-order valence-corrected chi connectivity index (χ0v) is 15.0. The monoisotopic (exact) mass is 338 g/mol. The molecule has 1 heterocycles. The van der Waals surface area contributed by atoms with Gasteiger partial charge in [0, 0.05) is 25.3 Å². The third-order valence-corrected chi connectivity index (χ3v) is 4.80. The molecule has 0 saturated carbocycles. The first-order chi connectivity index (χ1) is 12.1. The van der Waals surface area contributed by atoms with Gasteiger partial charge in [-0.1, -0.05) is 29.8 Å². The summed E-state index contributed by atoms with van der Waals surface area (Å²) in [4.78, 5) is 14.6. The van der Waals surface area contributed by atoms with E-state index in [1.54, 1.807) is 7.11 Å². The number of nitrogens with zero attached hydrogens (tertiary/aromatic N) is 1. The highest BCUT2D eigenvalue weighted by atomic mass is 16.5. The average molecular weight is 338 g/mol. The quantitative estimate of drug-likeness (QED) is 0.879. The molecular weight excluding hydrogens is 312 g/mol. The van der Waals surface area contributed by atoms with Crippen LogP contribution in [0.5, 0.6) is 5.75 Å². The Morgan fingerprint density at radius 3 is 2.56 bits per heavy atom. The predicted molar refractivity (Wildman–Crippen MR) is 101 cm³/mol. The fraction of sp³-hybridized carbons (Fsp3) is 0.381. The minimum Gasteiger partial charge on any atom is -0.497 e. The summed E-state index contributed by atoms with van der Waals surface area (Å²) >= 11 is 0. The van der Waals surface area contributed by atoms with Crippen molar-refractivity contribution in [3.8, 4) is 5.75 Å². The molecule has 1 unspecified atom stereocenters. The van der Waals surface area contributed by atoms with Gasteiger partial charge in [0.05, 0.1) is 13.5 Å². The number of amides is 1. The first-order valence-electron chi connectivity index (χ1n) is 8.85. The number of methoxy groups -OCH3 is 1. The van der Waals surface area contributed by atoms with Crippen molar-refractivity contribution >= 4 is 11.6 Å². The Hall–Kier alpha value is -2.49. The van der Waals surface area contributed by atoms with Gasteiger partial charge >= 0.3 is 0 Å². The molecule has 2 aromatic carbocycles. The lowest BCUT2D eigenvalue weighted by Gasteiger charge is -2.19. The zero-order valence-electron chi connectivity index (χ0n) is 15.0. The number of aryl methyl sites for hydroxylation is 1. The summed E-state index contributed by atoms with van der Waals surface area (Å²) in [5, 5.41) is 3.09. The van der Waals surface area contributed by atoms with Gasteiger partial charge in [-0.2, -0.15) is 0 Å². The Labute approximate surface area is 149 Å². The summed E-state index contributed by atoms with van der Waals surface area (Å²) in [6, 6.07) is 16.3. The molecule has 0 aliphatic carbocycles. The smallest absolute Gasteiger partial charge is 0.224 e. The fourth-order valence-corrected chi connectivity index (χ4v) is 3.24. The van der Waals surface area contributed by atoms with Crippen LogP contribution >= 0.6 is 0 Å². The third-order valence-electron chi connectivity index (χ3n) is 4.80. The first kappa shape index (κ1) is 17.3. The van der Waals surface area contributed by atoms with Gasteiger partial charge in [-0.3, -0.25) is 4.79 Å². The molecule has 1 aliphatic rings. The number of rotatable bonds is 6. The molecule has 1 atom stereocenters. The van der Waals surface area contributed by atoms with Crippen molar-refractivity contribution in [2.45, 2.75) is 19.8 Å². The Bertz CT molecular complexity index is 695. The second kappa shape index (κ2) is 8.06. The number of hydrogen-bond donors (Lipinski definition) is 1. The Balaban J connectivity index is 1.44. The number of anilines is 1. The molecule has 25 heavy (non-hydrogen) atoms. The van der Waals surface area contributed by atoms with Crippen molar-refractivity contribution in [3.05, 3.63) is 59.7 Å². The van der Waals surface area contributed by atoms with Crippen molar-refractivity contribution in [2.24, 2.45) is 5.92 Å². The molecule has 132 valence electrons. The largest absolute Gasteiger partial charge is 0.497 e. The van der Waals surface area contributed by atoms with Crippen LogP contribution in [0.2, 0.25) is 0 Å². The van der Waals surface area contributed by atoms with E-state index in [0.29, 0.717) is 12.3 Å². The summed E-state index contributed by atoms with van der Waals surface area (Å²) in [7, 11) is 1.64. The molecule has 1 saturated heterocycles. The van der Waals surface area contributed by atoms with E-state index in [9.17, 15) is 4.79 Å². The number of ether oxygens (including phenoxy) is 1. The van der Waals surface area contributed by atoms with E-state index >= 15 is 0 Å². The Kier molecular flexibility index (Phi) is 5.59. The van der Waals surface area contributed by atoms with Crippen molar-refractivity contribution in [1.29, 1.82) is 0 Å². The molecule has 0 radical (unpaired) electrons. The number of hydrogen-bond acceptors (Lipinski definition) is 3. The fourth-order valence-electron chi connectivity index (χ4n) is 3.24. The van der Waals surface area contributed by atoms with Gasteiger partial charge < -0.3 is 15.0 Å². The van der Waals surface area contributed by atoms with E-state index in [1.807, 2.05) is 24.3 Å². The van der Waals surface area contributed by atoms with Gasteiger partial charge in [0.15, 0.2) is 0 Å². The second-order valence-electron chi connectivity index (χ2n) is 6.77. The van der Waals surface area contributed by atoms with Crippen LogP contribution in [-0.2, 0) is 11.2 Å². The SMILES string of the molecule is COc1ccc(CC(=O)NCC2CCN(c3ccc(C)cc3)C2)cc1. The van der Waals surface area contributed by atoms with Crippen LogP contribution in [0.25, 0.3) is 0 Å². The molecule has 2 aromatic rings. The minimum atomic E-state index is 0.0824. The summed E-state index contributed by atoms with van der Waals surface area (Å²) in [5.41, 5.74) is 3.56. The van der Waals surface area contributed by atoms with E-state index in [-0.39, 0.29) is 5.91 Å². The third kappa shape index (κ3) is 4.75. The summed E-state index contributed by atoms with van der Waals surface area (Å²) < 4.78 is 5.14. The number of carbonyl (C=O) groups is 1. The molecule has 1 fully saturated rings. The zero-order chi connectivity index (χ0) is 17.6. The highest BCUT2D eigenvalue weighted by Crippen LogP contribution is 2.23. The van der Waals surface area contributed by atoms with Crippen LogP contribution in [0.15, 0.2) is 48.5 Å².